The maximum atomic E-state index is 5.86. The summed E-state index contributed by atoms with van der Waals surface area (Å²) in [5.41, 5.74) is 6.39. The van der Waals surface area contributed by atoms with E-state index in [1.165, 1.54) is 27.9 Å². The molecule has 3 nitrogen and oxygen atoms in total. The smallest absolute Gasteiger partial charge is 0.162 e. The topological polar surface area (TPSA) is 21.7 Å². The van der Waals surface area contributed by atoms with E-state index in [9.17, 15) is 0 Å². The van der Waals surface area contributed by atoms with Crippen LogP contribution in [0, 0.1) is 0 Å². The Morgan fingerprint density at radius 2 is 1.72 bits per heavy atom. The minimum Gasteiger partial charge on any atom is -0.486 e. The van der Waals surface area contributed by atoms with Gasteiger partial charge in [-0.3, -0.25) is 0 Å². The van der Waals surface area contributed by atoms with E-state index in [-0.39, 0.29) is 0 Å². The predicted octanol–water partition coefficient (Wildman–Crippen LogP) is 5.00. The first-order valence-electron chi connectivity index (χ1n) is 8.67. The van der Waals surface area contributed by atoms with Gasteiger partial charge < -0.3 is 14.4 Å². The largest absolute Gasteiger partial charge is 0.486 e. The van der Waals surface area contributed by atoms with E-state index in [1.807, 2.05) is 0 Å². The predicted molar refractivity (Wildman–Crippen MR) is 105 cm³/mol. The molecule has 0 bridgehead atoms. The highest BCUT2D eigenvalue weighted by Gasteiger charge is 2.24. The number of hydrogen-bond acceptors (Lipinski definition) is 3. The highest BCUT2D eigenvalue weighted by Crippen LogP contribution is 2.45. The van der Waals surface area contributed by atoms with Gasteiger partial charge in [0.2, 0.25) is 0 Å². The number of ether oxygens (including phenoxy) is 2. The Morgan fingerprint density at radius 3 is 2.36 bits per heavy atom. The molecule has 0 amide bonds. The minimum atomic E-state index is 0.449. The van der Waals surface area contributed by atoms with Crippen LogP contribution in [-0.4, -0.2) is 20.3 Å². The van der Waals surface area contributed by atoms with Crippen molar-refractivity contribution in [2.75, 3.05) is 25.2 Å². The summed E-state index contributed by atoms with van der Waals surface area (Å²) in [4.78, 5) is 2.32. The van der Waals surface area contributed by atoms with Crippen LogP contribution in [0.3, 0.4) is 0 Å². The third-order valence-electron chi connectivity index (χ3n) is 4.46. The molecule has 0 aromatic heterocycles. The highest BCUT2D eigenvalue weighted by atomic mass is 16.5. The van der Waals surface area contributed by atoms with Crippen LogP contribution < -0.4 is 14.4 Å². The van der Waals surface area contributed by atoms with Gasteiger partial charge in [0.25, 0.3) is 0 Å². The fourth-order valence-electron chi connectivity index (χ4n) is 3.39. The average molecular weight is 335 g/mol. The van der Waals surface area contributed by atoms with Crippen molar-refractivity contribution in [3.63, 3.8) is 0 Å². The van der Waals surface area contributed by atoms with Crippen molar-refractivity contribution in [1.82, 2.24) is 0 Å². The number of anilines is 1. The van der Waals surface area contributed by atoms with Crippen LogP contribution >= 0.6 is 0 Å². The molecule has 1 heterocycles. The summed E-state index contributed by atoms with van der Waals surface area (Å²) in [5, 5.41) is 0. The van der Waals surface area contributed by atoms with Crippen molar-refractivity contribution in [3.8, 4) is 22.6 Å². The zero-order valence-electron chi connectivity index (χ0n) is 15.0. The standard InChI is InChI=1S/C22H25NO2/c1-5-11-24-20-13-17-15-23(4)22-16(7-3)9-8-10-18(22)19(17)14-21(20)25-12-6-2/h5-6,8-10,13-14H,1-2,7,11-12,15H2,3-4H3. The Labute approximate surface area is 150 Å². The molecule has 2 aromatic rings. The van der Waals surface area contributed by atoms with Crippen LogP contribution in [0.25, 0.3) is 11.1 Å². The van der Waals surface area contributed by atoms with Crippen molar-refractivity contribution in [2.24, 2.45) is 0 Å². The second kappa shape index (κ2) is 7.47. The van der Waals surface area contributed by atoms with Crippen LogP contribution in [0.2, 0.25) is 0 Å². The number of para-hydroxylation sites is 1. The summed E-state index contributed by atoms with van der Waals surface area (Å²) in [6, 6.07) is 10.7. The zero-order valence-corrected chi connectivity index (χ0v) is 15.0. The van der Waals surface area contributed by atoms with E-state index in [0.29, 0.717) is 13.2 Å². The lowest BCUT2D eigenvalue weighted by atomic mass is 9.90. The van der Waals surface area contributed by atoms with Gasteiger partial charge in [-0.05, 0) is 35.2 Å². The minimum absolute atomic E-state index is 0.449. The SMILES string of the molecule is C=CCOc1cc2c(cc1OCC=C)-c1cccc(CC)c1N(C)C2. The van der Waals surface area contributed by atoms with Crippen LogP contribution in [-0.2, 0) is 13.0 Å². The van der Waals surface area contributed by atoms with E-state index < -0.39 is 0 Å². The fourth-order valence-corrected chi connectivity index (χ4v) is 3.39. The van der Waals surface area contributed by atoms with Crippen molar-refractivity contribution in [1.29, 1.82) is 0 Å². The van der Waals surface area contributed by atoms with Gasteiger partial charge in [-0.15, -0.1) is 0 Å². The zero-order chi connectivity index (χ0) is 17.8. The summed E-state index contributed by atoms with van der Waals surface area (Å²) in [5.74, 6) is 1.50. The number of nitrogens with zero attached hydrogens (tertiary/aromatic N) is 1. The summed E-state index contributed by atoms with van der Waals surface area (Å²) in [6.45, 7) is 11.4. The van der Waals surface area contributed by atoms with Gasteiger partial charge in [0.1, 0.15) is 13.2 Å². The van der Waals surface area contributed by atoms with Gasteiger partial charge in [0.15, 0.2) is 11.5 Å². The normalized spacial score (nSPS) is 12.2. The first-order valence-corrected chi connectivity index (χ1v) is 8.67. The van der Waals surface area contributed by atoms with Gasteiger partial charge in [0, 0.05) is 24.8 Å². The molecule has 25 heavy (non-hydrogen) atoms. The van der Waals surface area contributed by atoms with Crippen molar-refractivity contribution >= 4 is 5.69 Å². The summed E-state index contributed by atoms with van der Waals surface area (Å²) in [6.07, 6.45) is 4.50. The summed E-state index contributed by atoms with van der Waals surface area (Å²) >= 11 is 0. The van der Waals surface area contributed by atoms with Gasteiger partial charge in [-0.1, -0.05) is 50.4 Å². The van der Waals surface area contributed by atoms with Crippen molar-refractivity contribution in [3.05, 3.63) is 66.8 Å². The fraction of sp³-hybridized carbons (Fsp3) is 0.273. The number of fused-ring (bicyclic) bond motifs is 3. The van der Waals surface area contributed by atoms with E-state index in [2.05, 4.69) is 62.4 Å². The molecule has 0 unspecified atom stereocenters. The Kier molecular flexibility index (Phi) is 5.13. The van der Waals surface area contributed by atoms with Crippen molar-refractivity contribution < 1.29 is 9.47 Å². The molecule has 0 saturated heterocycles. The van der Waals surface area contributed by atoms with Gasteiger partial charge in [0.05, 0.1) is 0 Å². The number of benzene rings is 2. The third kappa shape index (κ3) is 3.27. The Morgan fingerprint density at radius 1 is 1.04 bits per heavy atom. The monoisotopic (exact) mass is 335 g/mol. The van der Waals surface area contributed by atoms with Crippen LogP contribution in [0.4, 0.5) is 5.69 Å². The first-order chi connectivity index (χ1) is 12.2. The Balaban J connectivity index is 2.13. The number of aryl methyl sites for hydroxylation is 1. The molecule has 0 aliphatic carbocycles. The third-order valence-corrected chi connectivity index (χ3v) is 4.46. The van der Waals surface area contributed by atoms with Crippen LogP contribution in [0.15, 0.2) is 55.6 Å². The van der Waals surface area contributed by atoms with Crippen molar-refractivity contribution in [2.45, 2.75) is 19.9 Å². The molecule has 3 rings (SSSR count). The van der Waals surface area contributed by atoms with Gasteiger partial charge in [-0.25, -0.2) is 0 Å². The quantitative estimate of drug-likeness (QED) is 0.665. The van der Waals surface area contributed by atoms with Crippen LogP contribution in [0.5, 0.6) is 11.5 Å². The van der Waals surface area contributed by atoms with E-state index >= 15 is 0 Å². The molecule has 0 N–H and O–H groups in total. The van der Waals surface area contributed by atoms with E-state index in [4.69, 9.17) is 9.47 Å². The number of hydrogen-bond donors (Lipinski definition) is 0. The Bertz CT molecular complexity index is 795. The molecule has 1 aliphatic rings. The average Bonchev–Trinajstić information content (AvgIpc) is 2.64. The second-order valence-electron chi connectivity index (χ2n) is 6.18. The molecule has 0 saturated carbocycles. The molecule has 0 atom stereocenters. The number of rotatable bonds is 7. The second-order valence-corrected chi connectivity index (χ2v) is 6.18. The molecule has 1 aliphatic heterocycles. The van der Waals surface area contributed by atoms with Gasteiger partial charge in [-0.2, -0.15) is 0 Å². The molecular formula is C22H25NO2. The molecular weight excluding hydrogens is 310 g/mol. The maximum Gasteiger partial charge on any atom is 0.162 e. The first kappa shape index (κ1) is 17.2. The van der Waals surface area contributed by atoms with E-state index in [1.54, 1.807) is 12.2 Å². The van der Waals surface area contributed by atoms with E-state index in [0.717, 1.165) is 24.5 Å². The molecule has 130 valence electrons. The molecule has 0 fully saturated rings. The Hall–Kier alpha value is -2.68. The van der Waals surface area contributed by atoms with Gasteiger partial charge >= 0.3 is 0 Å². The maximum absolute atomic E-state index is 5.86. The highest BCUT2D eigenvalue weighted by molar-refractivity contribution is 5.86. The summed E-state index contributed by atoms with van der Waals surface area (Å²) < 4.78 is 11.7. The molecule has 0 spiro atoms. The molecule has 3 heteroatoms. The van der Waals surface area contributed by atoms with Crippen LogP contribution in [0.1, 0.15) is 18.1 Å². The molecule has 0 radical (unpaired) electrons. The molecule has 2 aromatic carbocycles. The summed E-state index contributed by atoms with van der Waals surface area (Å²) in [7, 11) is 2.15. The lowest BCUT2D eigenvalue weighted by molar-refractivity contribution is 0.308. The lowest BCUT2D eigenvalue weighted by Gasteiger charge is -2.32. The lowest BCUT2D eigenvalue weighted by Crippen LogP contribution is -2.23.